The summed E-state index contributed by atoms with van der Waals surface area (Å²) in [5.41, 5.74) is 0. The summed E-state index contributed by atoms with van der Waals surface area (Å²) in [6, 6.07) is 0. The van der Waals surface area contributed by atoms with E-state index in [0.29, 0.717) is 19.4 Å². The Morgan fingerprint density at radius 2 is 2.00 bits per heavy atom. The van der Waals surface area contributed by atoms with Gasteiger partial charge in [-0.1, -0.05) is 20.8 Å². The highest BCUT2D eigenvalue weighted by molar-refractivity contribution is 6.74. The van der Waals surface area contributed by atoms with E-state index in [1.807, 2.05) is 0 Å². The predicted octanol–water partition coefficient (Wildman–Crippen LogP) is 2.92. The van der Waals surface area contributed by atoms with E-state index >= 15 is 0 Å². The molecule has 110 valence electrons. The zero-order chi connectivity index (χ0) is 14.8. The molecule has 1 rings (SSSR count). The van der Waals surface area contributed by atoms with Crippen molar-refractivity contribution in [3.05, 3.63) is 0 Å². The van der Waals surface area contributed by atoms with E-state index in [1.54, 1.807) is 0 Å². The van der Waals surface area contributed by atoms with Crippen molar-refractivity contribution in [3.8, 4) is 0 Å². The van der Waals surface area contributed by atoms with Crippen molar-refractivity contribution in [2.75, 3.05) is 6.54 Å². The number of carboxylic acid groups (broad SMARTS) is 1. The number of likely N-dealkylation sites (tertiary alicyclic amines) is 1. The molecule has 0 bridgehead atoms. The summed E-state index contributed by atoms with van der Waals surface area (Å²) in [6.45, 7) is 10.9. The van der Waals surface area contributed by atoms with Crippen LogP contribution in [0.3, 0.4) is 0 Å². The lowest BCUT2D eigenvalue weighted by Crippen LogP contribution is -2.54. The third-order valence-corrected chi connectivity index (χ3v) is 8.74. The maximum absolute atomic E-state index is 11.3. The number of hydrogen-bond acceptors (Lipinski definition) is 3. The maximum Gasteiger partial charge on any atom is 0.409 e. The first-order chi connectivity index (χ1) is 8.58. The van der Waals surface area contributed by atoms with Crippen molar-refractivity contribution in [1.29, 1.82) is 0 Å². The largest absolute Gasteiger partial charge is 0.465 e. The molecule has 0 aromatic rings. The molecule has 1 aliphatic heterocycles. The van der Waals surface area contributed by atoms with Gasteiger partial charge in [-0.15, -0.1) is 0 Å². The average Bonchev–Trinajstić information content (AvgIpc) is 2.26. The van der Waals surface area contributed by atoms with E-state index in [4.69, 9.17) is 4.43 Å². The van der Waals surface area contributed by atoms with Gasteiger partial charge in [0.05, 0.1) is 0 Å². The molecule has 0 spiro atoms. The van der Waals surface area contributed by atoms with Crippen LogP contribution in [0, 0.1) is 5.92 Å². The summed E-state index contributed by atoms with van der Waals surface area (Å²) in [6.07, 6.45) is 0.534. The minimum Gasteiger partial charge on any atom is -0.465 e. The van der Waals surface area contributed by atoms with Gasteiger partial charge in [-0.25, -0.2) is 4.79 Å². The third kappa shape index (κ3) is 3.79. The number of carbonyl (C=O) groups excluding carboxylic acids is 1. The Labute approximate surface area is 116 Å². The molecule has 6 heteroatoms. The lowest BCUT2D eigenvalue weighted by Gasteiger charge is -2.44. The number of piperidine rings is 1. The van der Waals surface area contributed by atoms with Gasteiger partial charge in [-0.05, 0) is 24.6 Å². The van der Waals surface area contributed by atoms with Gasteiger partial charge in [0.15, 0.2) is 8.32 Å². The van der Waals surface area contributed by atoms with Crippen molar-refractivity contribution in [2.24, 2.45) is 5.92 Å². The van der Waals surface area contributed by atoms with Crippen LogP contribution < -0.4 is 0 Å². The van der Waals surface area contributed by atoms with Gasteiger partial charge in [0.1, 0.15) is 12.5 Å². The van der Waals surface area contributed by atoms with Gasteiger partial charge in [0, 0.05) is 18.9 Å². The third-order valence-electron chi connectivity index (χ3n) is 4.27. The summed E-state index contributed by atoms with van der Waals surface area (Å²) in [5.74, 6) is -0.0923. The quantitative estimate of drug-likeness (QED) is 0.640. The Balaban J connectivity index is 2.86. The summed E-state index contributed by atoms with van der Waals surface area (Å²) < 4.78 is 6.17. The molecular formula is C13H25NO4Si. The maximum atomic E-state index is 11.3. The van der Waals surface area contributed by atoms with Crippen molar-refractivity contribution < 1.29 is 19.1 Å². The summed E-state index contributed by atoms with van der Waals surface area (Å²) in [5, 5.41) is 9.26. The molecule has 0 aromatic heterocycles. The van der Waals surface area contributed by atoms with Crippen LogP contribution >= 0.6 is 0 Å². The lowest BCUT2D eigenvalue weighted by molar-refractivity contribution is -0.115. The number of carbonyl (C=O) groups is 2. The highest BCUT2D eigenvalue weighted by atomic mass is 28.4. The summed E-state index contributed by atoms with van der Waals surface area (Å²) >= 11 is 0. The topological polar surface area (TPSA) is 66.8 Å². The van der Waals surface area contributed by atoms with Crippen LogP contribution in [0.15, 0.2) is 0 Å². The van der Waals surface area contributed by atoms with Gasteiger partial charge in [-0.3, -0.25) is 4.90 Å². The standard InChI is InChI=1S/C13H25NO4Si/c1-13(2,3)19(4,5)18-11-8-10(9-15)6-7-14(11)12(16)17/h9-11H,6-8H2,1-5H3,(H,16,17). The van der Waals surface area contributed by atoms with Gasteiger partial charge >= 0.3 is 6.09 Å². The fourth-order valence-corrected chi connectivity index (χ4v) is 3.18. The van der Waals surface area contributed by atoms with Crippen LogP contribution in [0.4, 0.5) is 4.79 Å². The van der Waals surface area contributed by atoms with E-state index in [0.717, 1.165) is 6.29 Å². The Bertz CT molecular complexity index is 351. The molecule has 2 atom stereocenters. The highest BCUT2D eigenvalue weighted by Crippen LogP contribution is 2.39. The number of aldehydes is 1. The number of nitrogens with zero attached hydrogens (tertiary/aromatic N) is 1. The molecule has 1 N–H and O–H groups in total. The molecular weight excluding hydrogens is 262 g/mol. The van der Waals surface area contributed by atoms with Crippen LogP contribution in [-0.4, -0.2) is 43.5 Å². The monoisotopic (exact) mass is 287 g/mol. The van der Waals surface area contributed by atoms with Crippen LogP contribution in [0.2, 0.25) is 18.1 Å². The molecule has 19 heavy (non-hydrogen) atoms. The van der Waals surface area contributed by atoms with Crippen LogP contribution in [0.1, 0.15) is 33.6 Å². The zero-order valence-electron chi connectivity index (χ0n) is 12.5. The van der Waals surface area contributed by atoms with Crippen molar-refractivity contribution in [3.63, 3.8) is 0 Å². The fourth-order valence-electron chi connectivity index (χ4n) is 1.92. The second-order valence-corrected chi connectivity index (χ2v) is 11.5. The Morgan fingerprint density at radius 1 is 1.42 bits per heavy atom. The van der Waals surface area contributed by atoms with Crippen molar-refractivity contribution in [2.45, 2.75) is 58.0 Å². The molecule has 1 amide bonds. The molecule has 1 aliphatic rings. The molecule has 0 radical (unpaired) electrons. The first-order valence-corrected chi connectivity index (χ1v) is 9.62. The minimum absolute atomic E-state index is 0.0191. The van der Waals surface area contributed by atoms with E-state index in [1.165, 1.54) is 4.90 Å². The SMILES string of the molecule is CC(C)(C)[Si](C)(C)OC1CC(C=O)CCN1C(=O)O. The average molecular weight is 287 g/mol. The van der Waals surface area contributed by atoms with E-state index < -0.39 is 20.6 Å². The van der Waals surface area contributed by atoms with Crippen LogP contribution in [0.5, 0.6) is 0 Å². The van der Waals surface area contributed by atoms with Gasteiger partial charge < -0.3 is 14.3 Å². The second-order valence-electron chi connectivity index (χ2n) is 6.73. The first-order valence-electron chi connectivity index (χ1n) is 6.71. The lowest BCUT2D eigenvalue weighted by atomic mass is 9.97. The van der Waals surface area contributed by atoms with Crippen molar-refractivity contribution >= 4 is 20.7 Å². The molecule has 1 heterocycles. The zero-order valence-corrected chi connectivity index (χ0v) is 13.5. The highest BCUT2D eigenvalue weighted by Gasteiger charge is 2.42. The Hall–Kier alpha value is -0.883. The molecule has 5 nitrogen and oxygen atoms in total. The van der Waals surface area contributed by atoms with Crippen molar-refractivity contribution in [1.82, 2.24) is 4.90 Å². The number of rotatable bonds is 3. The molecule has 0 aromatic carbocycles. The molecule has 2 unspecified atom stereocenters. The second kappa shape index (κ2) is 5.62. The number of hydrogen-bond donors (Lipinski definition) is 1. The van der Waals surface area contributed by atoms with E-state index in [9.17, 15) is 14.7 Å². The van der Waals surface area contributed by atoms with E-state index in [2.05, 4.69) is 33.9 Å². The molecule has 0 aliphatic carbocycles. The smallest absolute Gasteiger partial charge is 0.409 e. The van der Waals surface area contributed by atoms with Gasteiger partial charge in [0.2, 0.25) is 0 Å². The van der Waals surface area contributed by atoms with Gasteiger partial charge in [-0.2, -0.15) is 0 Å². The number of amides is 1. The predicted molar refractivity (Wildman–Crippen MR) is 75.6 cm³/mol. The Kier molecular flexibility index (Phi) is 4.79. The summed E-state index contributed by atoms with van der Waals surface area (Å²) in [4.78, 5) is 23.5. The normalized spacial score (nSPS) is 25.2. The Morgan fingerprint density at radius 3 is 2.42 bits per heavy atom. The van der Waals surface area contributed by atoms with Gasteiger partial charge in [0.25, 0.3) is 0 Å². The molecule has 1 fully saturated rings. The summed E-state index contributed by atoms with van der Waals surface area (Å²) in [7, 11) is -2.04. The minimum atomic E-state index is -2.04. The van der Waals surface area contributed by atoms with E-state index in [-0.39, 0.29) is 11.0 Å². The molecule has 0 saturated carbocycles. The van der Waals surface area contributed by atoms with Crippen LogP contribution in [0.25, 0.3) is 0 Å². The molecule has 1 saturated heterocycles. The van der Waals surface area contributed by atoms with Crippen LogP contribution in [-0.2, 0) is 9.22 Å². The first kappa shape index (κ1) is 16.2. The fraction of sp³-hybridized carbons (Fsp3) is 0.846.